The Morgan fingerprint density at radius 3 is 2.53 bits per heavy atom. The fourth-order valence-corrected chi connectivity index (χ4v) is 4.21. The summed E-state index contributed by atoms with van der Waals surface area (Å²) >= 11 is 6.32. The summed E-state index contributed by atoms with van der Waals surface area (Å²) in [5.41, 5.74) is 4.34. The van der Waals surface area contributed by atoms with Gasteiger partial charge in [0.15, 0.2) is 0 Å². The van der Waals surface area contributed by atoms with Gasteiger partial charge in [-0.1, -0.05) is 63.4 Å². The number of likely N-dealkylation sites (tertiary alicyclic amines) is 1. The molecule has 0 bridgehead atoms. The summed E-state index contributed by atoms with van der Waals surface area (Å²) in [5.74, 6) is 1.19. The Hall–Kier alpha value is -2.72. The first-order valence-electron chi connectivity index (χ1n) is 11.2. The van der Waals surface area contributed by atoms with Crippen molar-refractivity contribution in [2.24, 2.45) is 11.8 Å². The standard InChI is InChI=1S/C27H36ClN3O/c1-7-9-10-24(8-2)30-27(32)14-11-21(5)29-26-13-12-23(28)16-25(26)22(6)31-17-19(3)15-20(4)18-31/h7-10,12-13,16,19-20,29H,1,5-6,11,14-15,17-18H2,2-4H3,(H,30,32)/b10-9-,24-8+. The van der Waals surface area contributed by atoms with Crippen molar-refractivity contribution in [3.8, 4) is 0 Å². The molecule has 1 saturated heterocycles. The first-order chi connectivity index (χ1) is 15.2. The largest absolute Gasteiger partial charge is 0.371 e. The van der Waals surface area contributed by atoms with E-state index in [0.29, 0.717) is 29.7 Å². The average Bonchev–Trinajstić information content (AvgIpc) is 2.75. The average molecular weight is 454 g/mol. The second-order valence-corrected chi connectivity index (χ2v) is 9.04. The van der Waals surface area contributed by atoms with E-state index in [0.717, 1.165) is 41.4 Å². The highest BCUT2D eigenvalue weighted by Gasteiger charge is 2.24. The maximum absolute atomic E-state index is 12.3. The predicted octanol–water partition coefficient (Wildman–Crippen LogP) is 6.76. The van der Waals surface area contributed by atoms with Crippen molar-refractivity contribution in [2.45, 2.75) is 40.0 Å². The smallest absolute Gasteiger partial charge is 0.224 e. The van der Waals surface area contributed by atoms with Crippen LogP contribution in [0.1, 0.15) is 45.6 Å². The van der Waals surface area contributed by atoms with E-state index in [2.05, 4.69) is 49.1 Å². The lowest BCUT2D eigenvalue weighted by atomic mass is 9.91. The molecular weight excluding hydrogens is 418 g/mol. The van der Waals surface area contributed by atoms with E-state index in [4.69, 9.17) is 11.6 Å². The van der Waals surface area contributed by atoms with Gasteiger partial charge in [-0.05, 0) is 55.9 Å². The molecule has 0 radical (unpaired) electrons. The highest BCUT2D eigenvalue weighted by atomic mass is 35.5. The van der Waals surface area contributed by atoms with Crippen LogP contribution in [0.4, 0.5) is 5.69 Å². The number of benzene rings is 1. The minimum Gasteiger partial charge on any atom is -0.371 e. The summed E-state index contributed by atoms with van der Waals surface area (Å²) in [4.78, 5) is 14.6. The molecule has 1 aliphatic heterocycles. The normalized spacial score (nSPS) is 19.0. The van der Waals surface area contributed by atoms with Crippen molar-refractivity contribution in [3.05, 3.63) is 84.2 Å². The van der Waals surface area contributed by atoms with Crippen molar-refractivity contribution in [1.29, 1.82) is 0 Å². The molecule has 0 spiro atoms. The third-order valence-electron chi connectivity index (χ3n) is 5.52. The number of hydrogen-bond acceptors (Lipinski definition) is 3. The molecule has 0 aromatic heterocycles. The maximum Gasteiger partial charge on any atom is 0.224 e. The minimum absolute atomic E-state index is 0.0632. The van der Waals surface area contributed by atoms with Gasteiger partial charge in [-0.3, -0.25) is 4.79 Å². The van der Waals surface area contributed by atoms with E-state index in [1.165, 1.54) is 6.42 Å². The molecule has 1 heterocycles. The molecule has 1 aromatic carbocycles. The van der Waals surface area contributed by atoms with Crippen LogP contribution in [0.2, 0.25) is 5.02 Å². The number of rotatable bonds is 10. The van der Waals surface area contributed by atoms with Gasteiger partial charge in [-0.25, -0.2) is 0 Å². The van der Waals surface area contributed by atoms with E-state index < -0.39 is 0 Å². The monoisotopic (exact) mass is 453 g/mol. The fourth-order valence-electron chi connectivity index (χ4n) is 4.04. The minimum atomic E-state index is -0.0632. The molecule has 0 aliphatic carbocycles. The molecule has 2 N–H and O–H groups in total. The van der Waals surface area contributed by atoms with Crippen LogP contribution in [-0.4, -0.2) is 23.9 Å². The number of halogens is 1. The van der Waals surface area contributed by atoms with E-state index in [-0.39, 0.29) is 5.91 Å². The van der Waals surface area contributed by atoms with Crippen molar-refractivity contribution in [2.75, 3.05) is 18.4 Å². The number of allylic oxidation sites excluding steroid dienone is 5. The van der Waals surface area contributed by atoms with E-state index >= 15 is 0 Å². The van der Waals surface area contributed by atoms with Gasteiger partial charge in [-0.15, -0.1) is 0 Å². The molecule has 0 saturated carbocycles. The van der Waals surface area contributed by atoms with Crippen LogP contribution in [0.5, 0.6) is 0 Å². The van der Waals surface area contributed by atoms with Crippen LogP contribution in [0.15, 0.2) is 73.6 Å². The van der Waals surface area contributed by atoms with Crippen LogP contribution >= 0.6 is 11.6 Å². The Morgan fingerprint density at radius 2 is 1.91 bits per heavy atom. The number of carbonyl (C=O) groups is 1. The van der Waals surface area contributed by atoms with Crippen LogP contribution in [0.3, 0.4) is 0 Å². The number of nitrogens with zero attached hydrogens (tertiary/aromatic N) is 1. The summed E-state index contributed by atoms with van der Waals surface area (Å²) in [6.07, 6.45) is 9.20. The van der Waals surface area contributed by atoms with Crippen LogP contribution in [-0.2, 0) is 4.79 Å². The quantitative estimate of drug-likeness (QED) is 0.385. The first kappa shape index (κ1) is 25.5. The van der Waals surface area contributed by atoms with Gasteiger partial charge in [-0.2, -0.15) is 0 Å². The van der Waals surface area contributed by atoms with Gasteiger partial charge in [0.1, 0.15) is 0 Å². The molecule has 2 atom stereocenters. The predicted molar refractivity (Wildman–Crippen MR) is 138 cm³/mol. The molecular formula is C27H36ClN3O. The molecule has 5 heteroatoms. The maximum atomic E-state index is 12.3. The van der Waals surface area contributed by atoms with Crippen molar-refractivity contribution >= 4 is 28.9 Å². The molecule has 1 aliphatic rings. The highest BCUT2D eigenvalue weighted by molar-refractivity contribution is 6.30. The molecule has 2 rings (SSSR count). The third kappa shape index (κ3) is 7.76. The zero-order chi connectivity index (χ0) is 23.7. The van der Waals surface area contributed by atoms with Crippen molar-refractivity contribution < 1.29 is 4.79 Å². The Balaban J connectivity index is 2.02. The summed E-state index contributed by atoms with van der Waals surface area (Å²) in [6, 6.07) is 5.75. The number of piperidine rings is 1. The summed E-state index contributed by atoms with van der Waals surface area (Å²) in [5, 5.41) is 6.93. The zero-order valence-corrected chi connectivity index (χ0v) is 20.3. The Bertz CT molecular complexity index is 905. The number of amides is 1. The molecule has 1 aromatic rings. The van der Waals surface area contributed by atoms with Crippen LogP contribution < -0.4 is 10.6 Å². The lowest BCUT2D eigenvalue weighted by Crippen LogP contribution is -2.37. The molecule has 32 heavy (non-hydrogen) atoms. The van der Waals surface area contributed by atoms with Crippen LogP contribution in [0, 0.1) is 11.8 Å². The Morgan fingerprint density at radius 1 is 1.22 bits per heavy atom. The number of hydrogen-bond donors (Lipinski definition) is 2. The molecule has 172 valence electrons. The fraction of sp³-hybridized carbons (Fsp3) is 0.370. The lowest BCUT2D eigenvalue weighted by Gasteiger charge is -2.38. The van der Waals surface area contributed by atoms with Gasteiger partial charge in [0, 0.05) is 52.9 Å². The van der Waals surface area contributed by atoms with Gasteiger partial charge < -0.3 is 15.5 Å². The highest BCUT2D eigenvalue weighted by Crippen LogP contribution is 2.33. The topological polar surface area (TPSA) is 44.4 Å². The van der Waals surface area contributed by atoms with Crippen molar-refractivity contribution in [3.63, 3.8) is 0 Å². The van der Waals surface area contributed by atoms with E-state index in [1.807, 2.05) is 37.3 Å². The zero-order valence-electron chi connectivity index (χ0n) is 19.6. The first-order valence-corrected chi connectivity index (χ1v) is 11.5. The number of carbonyl (C=O) groups excluding carboxylic acids is 1. The molecule has 1 amide bonds. The second-order valence-electron chi connectivity index (χ2n) is 8.60. The van der Waals surface area contributed by atoms with Gasteiger partial charge >= 0.3 is 0 Å². The Labute approximate surface area is 198 Å². The lowest BCUT2D eigenvalue weighted by molar-refractivity contribution is -0.120. The van der Waals surface area contributed by atoms with Gasteiger partial charge in [0.25, 0.3) is 0 Å². The van der Waals surface area contributed by atoms with Gasteiger partial charge in [0.2, 0.25) is 5.91 Å². The molecule has 4 nitrogen and oxygen atoms in total. The molecule has 2 unspecified atom stereocenters. The number of nitrogens with one attached hydrogen (secondary N) is 2. The second kappa shape index (κ2) is 12.4. The summed E-state index contributed by atoms with van der Waals surface area (Å²) in [6.45, 7) is 20.6. The van der Waals surface area contributed by atoms with E-state index in [1.54, 1.807) is 12.2 Å². The van der Waals surface area contributed by atoms with Crippen molar-refractivity contribution in [1.82, 2.24) is 10.2 Å². The summed E-state index contributed by atoms with van der Waals surface area (Å²) in [7, 11) is 0. The van der Waals surface area contributed by atoms with E-state index in [9.17, 15) is 4.79 Å². The SMILES string of the molecule is C=C/C=C\C(=C/C)NC(=O)CCC(=C)Nc1ccc(Cl)cc1C(=C)N1CC(C)CC(C)C1. The summed E-state index contributed by atoms with van der Waals surface area (Å²) < 4.78 is 0. The van der Waals surface area contributed by atoms with Gasteiger partial charge in [0.05, 0.1) is 0 Å². The Kier molecular flexibility index (Phi) is 9.86. The third-order valence-corrected chi connectivity index (χ3v) is 5.75. The van der Waals surface area contributed by atoms with Crippen LogP contribution in [0.25, 0.3) is 5.70 Å². The molecule has 1 fully saturated rings. The number of anilines is 1.